The molecule has 2 aliphatic rings. The molecular formula is C20H16F2N2O8S. The highest BCUT2D eigenvalue weighted by Gasteiger charge is 2.43. The topological polar surface area (TPSA) is 131 Å². The Morgan fingerprint density at radius 3 is 2.61 bits per heavy atom. The van der Waals surface area contributed by atoms with Gasteiger partial charge in [0.05, 0.1) is 4.90 Å². The fourth-order valence-corrected chi connectivity index (χ4v) is 4.13. The van der Waals surface area contributed by atoms with Crippen LogP contribution in [0.15, 0.2) is 59.0 Å². The number of hydroxylamine groups is 1. The highest BCUT2D eigenvalue weighted by Crippen LogP contribution is 2.30. The first-order valence-electron chi connectivity index (χ1n) is 9.43. The number of hydrogen-bond acceptors (Lipinski definition) is 8. The summed E-state index contributed by atoms with van der Waals surface area (Å²) in [6, 6.07) is 7.70. The molecule has 33 heavy (non-hydrogen) atoms. The minimum Gasteiger partial charge on any atom is -0.489 e. The second-order valence-corrected chi connectivity index (χ2v) is 8.75. The van der Waals surface area contributed by atoms with Gasteiger partial charge in [0.25, 0.3) is 15.9 Å². The molecule has 0 saturated carbocycles. The molecule has 2 unspecified atom stereocenters. The van der Waals surface area contributed by atoms with Crippen molar-refractivity contribution in [1.82, 2.24) is 10.0 Å². The predicted octanol–water partition coefficient (Wildman–Crippen LogP) is 2.19. The van der Waals surface area contributed by atoms with E-state index in [1.807, 2.05) is 0 Å². The Kier molecular flexibility index (Phi) is 6.01. The summed E-state index contributed by atoms with van der Waals surface area (Å²) in [6.45, 7) is -0.289. The first kappa shape index (κ1) is 22.6. The van der Waals surface area contributed by atoms with Gasteiger partial charge in [-0.25, -0.2) is 22.0 Å². The molecule has 10 nitrogen and oxygen atoms in total. The van der Waals surface area contributed by atoms with E-state index in [1.165, 1.54) is 18.2 Å². The number of nitrogens with zero attached hydrogens (tertiary/aromatic N) is 1. The number of hydrogen-bond donors (Lipinski definition) is 2. The Labute approximate surface area is 185 Å². The van der Waals surface area contributed by atoms with Crippen molar-refractivity contribution in [3.63, 3.8) is 0 Å². The van der Waals surface area contributed by atoms with Crippen LogP contribution in [-0.4, -0.2) is 43.1 Å². The molecule has 0 spiro atoms. The average Bonchev–Trinajstić information content (AvgIpc) is 3.31. The first-order valence-corrected chi connectivity index (χ1v) is 10.9. The van der Waals surface area contributed by atoms with Crippen LogP contribution in [0.25, 0.3) is 0 Å². The highest BCUT2D eigenvalue weighted by atomic mass is 32.2. The lowest BCUT2D eigenvalue weighted by atomic mass is 10.2. The average molecular weight is 482 g/mol. The predicted molar refractivity (Wildman–Crippen MR) is 104 cm³/mol. The second kappa shape index (κ2) is 8.77. The van der Waals surface area contributed by atoms with Crippen LogP contribution in [0.1, 0.15) is 12.0 Å². The smallest absolute Gasteiger partial charge is 0.489 e. The third-order valence-electron chi connectivity index (χ3n) is 4.84. The van der Waals surface area contributed by atoms with E-state index < -0.39 is 45.9 Å². The number of amides is 1. The molecule has 0 aromatic heterocycles. The van der Waals surface area contributed by atoms with E-state index in [2.05, 4.69) is 0 Å². The number of sulfonamides is 1. The third-order valence-corrected chi connectivity index (χ3v) is 6.15. The van der Waals surface area contributed by atoms with Crippen molar-refractivity contribution < 1.29 is 46.2 Å². The van der Waals surface area contributed by atoms with E-state index >= 15 is 0 Å². The lowest BCUT2D eigenvalue weighted by molar-refractivity contribution is -0.167. The van der Waals surface area contributed by atoms with Gasteiger partial charge in [0, 0.05) is 17.6 Å². The number of carbonyl (C=O) groups is 2. The SMILES string of the molecule is O=C1OC2C=C(C(=O)N(O)NS(=O)(=O)c3ccc(OCc4cc(F)ccc4F)cc3)CC2O1. The molecule has 1 aliphatic heterocycles. The lowest BCUT2D eigenvalue weighted by Gasteiger charge is -2.17. The summed E-state index contributed by atoms with van der Waals surface area (Å²) >= 11 is 0. The zero-order valence-corrected chi connectivity index (χ0v) is 17.4. The van der Waals surface area contributed by atoms with Gasteiger partial charge in [-0.2, -0.15) is 0 Å². The van der Waals surface area contributed by atoms with E-state index in [9.17, 15) is 32.0 Å². The van der Waals surface area contributed by atoms with Gasteiger partial charge in [-0.3, -0.25) is 10.0 Å². The molecule has 2 atom stereocenters. The molecular weight excluding hydrogens is 466 g/mol. The summed E-state index contributed by atoms with van der Waals surface area (Å²) in [5, 5.41) is 9.72. The standard InChI is InChI=1S/C20H16F2N2O8S/c21-13-1-6-16(22)12(7-13)10-30-14-2-4-15(5-3-14)33(28,29)23-24(27)19(25)11-8-17-18(9-11)32-20(26)31-17/h1-8,17-18,23,27H,9-10H2. The highest BCUT2D eigenvalue weighted by molar-refractivity contribution is 7.89. The van der Waals surface area contributed by atoms with Gasteiger partial charge >= 0.3 is 6.16 Å². The van der Waals surface area contributed by atoms with E-state index in [0.29, 0.717) is 0 Å². The number of carbonyl (C=O) groups excluding carboxylic acids is 2. The molecule has 1 saturated heterocycles. The lowest BCUT2D eigenvalue weighted by Crippen LogP contribution is -2.44. The van der Waals surface area contributed by atoms with E-state index in [4.69, 9.17) is 14.2 Å². The Morgan fingerprint density at radius 2 is 1.91 bits per heavy atom. The molecule has 13 heteroatoms. The molecule has 0 radical (unpaired) electrons. The number of nitrogens with one attached hydrogen (secondary N) is 1. The molecule has 1 heterocycles. The maximum atomic E-state index is 13.7. The number of fused-ring (bicyclic) bond motifs is 1. The van der Waals surface area contributed by atoms with Crippen LogP contribution in [0, 0.1) is 11.6 Å². The number of ether oxygens (including phenoxy) is 3. The summed E-state index contributed by atoms with van der Waals surface area (Å²) in [7, 11) is -4.36. The Bertz CT molecular complexity index is 1230. The summed E-state index contributed by atoms with van der Waals surface area (Å²) in [6.07, 6.45) is -1.15. The number of rotatable bonds is 7. The molecule has 2 N–H and O–H groups in total. The molecule has 4 rings (SSSR count). The zero-order chi connectivity index (χ0) is 23.8. The molecule has 1 amide bonds. The van der Waals surface area contributed by atoms with Gasteiger partial charge in [0.2, 0.25) is 0 Å². The van der Waals surface area contributed by atoms with Crippen molar-refractivity contribution in [2.75, 3.05) is 0 Å². The summed E-state index contributed by atoms with van der Waals surface area (Å²) in [5.74, 6) is -2.18. The van der Waals surface area contributed by atoms with Crippen molar-refractivity contribution in [3.8, 4) is 5.75 Å². The molecule has 1 fully saturated rings. The Hall–Kier alpha value is -3.55. The normalized spacial score (nSPS) is 19.4. The maximum Gasteiger partial charge on any atom is 0.509 e. The van der Waals surface area contributed by atoms with Gasteiger partial charge in [0.15, 0.2) is 12.2 Å². The van der Waals surface area contributed by atoms with Gasteiger partial charge < -0.3 is 14.2 Å². The van der Waals surface area contributed by atoms with Crippen LogP contribution in [0.4, 0.5) is 13.6 Å². The van der Waals surface area contributed by atoms with E-state index in [1.54, 1.807) is 4.83 Å². The fourth-order valence-electron chi connectivity index (χ4n) is 3.22. The molecule has 174 valence electrons. The molecule has 2 aromatic rings. The third kappa shape index (κ3) is 4.94. The largest absolute Gasteiger partial charge is 0.509 e. The van der Waals surface area contributed by atoms with Crippen LogP contribution in [0.3, 0.4) is 0 Å². The van der Waals surface area contributed by atoms with Crippen molar-refractivity contribution in [1.29, 1.82) is 0 Å². The van der Waals surface area contributed by atoms with Crippen LogP contribution in [-0.2, 0) is 30.9 Å². The van der Waals surface area contributed by atoms with E-state index in [-0.39, 0.29) is 40.0 Å². The van der Waals surface area contributed by atoms with Crippen molar-refractivity contribution in [2.24, 2.45) is 0 Å². The number of halogens is 2. The number of hydrazine groups is 1. The molecule has 0 bridgehead atoms. The zero-order valence-electron chi connectivity index (χ0n) is 16.6. The molecule has 1 aliphatic carbocycles. The fraction of sp³-hybridized carbons (Fsp3) is 0.200. The Morgan fingerprint density at radius 1 is 1.18 bits per heavy atom. The van der Waals surface area contributed by atoms with Gasteiger partial charge in [-0.05, 0) is 48.5 Å². The van der Waals surface area contributed by atoms with Crippen LogP contribution in [0.2, 0.25) is 0 Å². The summed E-state index contributed by atoms with van der Waals surface area (Å²) < 4.78 is 66.8. The monoisotopic (exact) mass is 482 g/mol. The van der Waals surface area contributed by atoms with Gasteiger partial charge in [0.1, 0.15) is 24.0 Å². The van der Waals surface area contributed by atoms with Gasteiger partial charge in [-0.15, -0.1) is 5.17 Å². The van der Waals surface area contributed by atoms with Crippen LogP contribution in [0.5, 0.6) is 5.75 Å². The first-order chi connectivity index (χ1) is 15.6. The minimum atomic E-state index is -4.36. The van der Waals surface area contributed by atoms with Crippen LogP contribution < -0.4 is 9.57 Å². The van der Waals surface area contributed by atoms with Crippen LogP contribution >= 0.6 is 0 Å². The second-order valence-electron chi connectivity index (χ2n) is 7.09. The Balaban J connectivity index is 1.37. The summed E-state index contributed by atoms with van der Waals surface area (Å²) in [5.41, 5.74) is -0.0237. The number of benzene rings is 2. The summed E-state index contributed by atoms with van der Waals surface area (Å²) in [4.78, 5) is 24.7. The van der Waals surface area contributed by atoms with Crippen molar-refractivity contribution >= 4 is 22.1 Å². The molecule has 2 aromatic carbocycles. The minimum absolute atomic E-state index is 0.00368. The van der Waals surface area contributed by atoms with Gasteiger partial charge in [-0.1, -0.05) is 4.83 Å². The maximum absolute atomic E-state index is 13.7. The van der Waals surface area contributed by atoms with E-state index in [0.717, 1.165) is 30.3 Å². The quantitative estimate of drug-likeness (QED) is 0.349. The van der Waals surface area contributed by atoms with Crippen molar-refractivity contribution in [2.45, 2.75) is 30.1 Å². The van der Waals surface area contributed by atoms with Crippen molar-refractivity contribution in [3.05, 3.63) is 71.3 Å².